The second-order valence-electron chi connectivity index (χ2n) is 0. The van der Waals surface area contributed by atoms with E-state index < -0.39 is 0 Å². The van der Waals surface area contributed by atoms with Crippen LogP contribution in [0.25, 0.3) is 0 Å². The molecule has 3 heteroatoms. The zero-order chi connectivity index (χ0) is 2.00. The molecule has 0 spiro atoms. The van der Waals surface area contributed by atoms with Gasteiger partial charge in [0.2, 0.25) is 0 Å². The minimum atomic E-state index is 0. The van der Waals surface area contributed by atoms with Crippen molar-refractivity contribution in [3.63, 3.8) is 0 Å². The first-order valence-electron chi connectivity index (χ1n) is 0.143. The molecule has 0 bridgehead atoms. The molecule has 0 aromatic carbocycles. The molecule has 0 aliphatic rings. The Bertz CT molecular complexity index is 8.75. The molecular weight excluding hydrogens is 379 g/mol. The van der Waals surface area contributed by atoms with Gasteiger partial charge in [-0.2, -0.15) is 0 Å². The van der Waals surface area contributed by atoms with E-state index in [1.165, 1.54) is 0 Å². The van der Waals surface area contributed by atoms with Gasteiger partial charge in [-0.1, -0.05) is 0 Å². The van der Waals surface area contributed by atoms with E-state index in [1.807, 2.05) is 0 Å². The van der Waals surface area contributed by atoms with Crippen molar-refractivity contribution in [2.45, 2.75) is 0 Å². The van der Waals surface area contributed by atoms with Crippen LogP contribution in [0.3, 0.4) is 0 Å². The van der Waals surface area contributed by atoms with Crippen LogP contribution in [0.2, 0.25) is 0 Å². The molecule has 0 saturated carbocycles. The van der Waals surface area contributed by atoms with Crippen molar-refractivity contribution in [3.8, 4) is 0 Å². The number of hydrogen-bond acceptors (Lipinski definition) is 0. The third-order valence-corrected chi connectivity index (χ3v) is 0. The van der Waals surface area contributed by atoms with Gasteiger partial charge in [0.05, 0.1) is 0 Å². The maximum atomic E-state index is 2.12. The summed E-state index contributed by atoms with van der Waals surface area (Å²) in [6.45, 7) is 0. The Balaban J connectivity index is -0.000000000833. The average molecular weight is 388 g/mol. The van der Waals surface area contributed by atoms with Crippen molar-refractivity contribution in [1.29, 1.82) is 0 Å². The molecule has 0 rings (SSSR count). The molecule has 0 amide bonds. The van der Waals surface area contributed by atoms with E-state index in [0.29, 0.717) is 0 Å². The van der Waals surface area contributed by atoms with Gasteiger partial charge in [0.25, 0.3) is 0 Å². The fraction of sp³-hybridized carbons (Fsp3) is 0. The van der Waals surface area contributed by atoms with Crippen LogP contribution in [0, 0.1) is 22.3 Å². The fourth-order valence-corrected chi connectivity index (χ4v) is 0. The second kappa shape index (κ2) is 49.6. The molecular formula is C3H9I2Y. The zero-order valence-electron chi connectivity index (χ0n) is 4.33. The molecule has 6 heavy (non-hydrogen) atoms. The minimum Gasteiger partial charge on any atom is -0.358 e. The van der Waals surface area contributed by atoms with Gasteiger partial charge in [0, 0.05) is 37.2 Å². The van der Waals surface area contributed by atoms with Crippen molar-refractivity contribution in [2.75, 3.05) is 0 Å². The first-order valence-corrected chi connectivity index (χ1v) is 6.43. The van der Waals surface area contributed by atoms with Gasteiger partial charge in [-0.15, -0.1) is 0 Å². The zero-order valence-corrected chi connectivity index (χ0v) is 11.5. The number of hydrogen-bond donors (Lipinski definition) is 0. The topological polar surface area (TPSA) is 0 Å². The van der Waals surface area contributed by atoms with Gasteiger partial charge in [0.1, 0.15) is 0 Å². The molecule has 0 radical (unpaired) electrons. The summed E-state index contributed by atoms with van der Waals surface area (Å²) in [5.41, 5.74) is 0. The summed E-state index contributed by atoms with van der Waals surface area (Å²) < 4.78 is 0. The van der Waals surface area contributed by atoms with Crippen LogP contribution in [0.4, 0.5) is 0 Å². The Morgan fingerprint density at radius 3 is 0.667 bits per heavy atom. The van der Waals surface area contributed by atoms with Gasteiger partial charge < -0.3 is 22.3 Å². The summed E-state index contributed by atoms with van der Waals surface area (Å²) in [7, 11) is 0. The molecule has 0 atom stereocenters. The molecule has 0 aromatic heterocycles. The van der Waals surface area contributed by atoms with Crippen LogP contribution in [-0.2, 0) is 32.7 Å². The quantitative estimate of drug-likeness (QED) is 0.442. The van der Waals surface area contributed by atoms with Crippen molar-refractivity contribution in [1.82, 2.24) is 0 Å². The summed E-state index contributed by atoms with van der Waals surface area (Å²) in [6, 6.07) is 0. The normalized spacial score (nSPS) is 1.00. The van der Waals surface area contributed by atoms with Crippen molar-refractivity contribution in [3.05, 3.63) is 22.3 Å². The molecule has 0 aliphatic heterocycles. The van der Waals surface area contributed by atoms with Crippen LogP contribution >= 0.6 is 37.2 Å². The summed E-state index contributed by atoms with van der Waals surface area (Å²) in [5, 5.41) is 0. The third-order valence-electron chi connectivity index (χ3n) is 0. The first-order chi connectivity index (χ1) is 1.00. The SMILES string of the molecule is II.[CH3-].[CH3-].[CH3-].[Y+3]. The van der Waals surface area contributed by atoms with E-state index >= 15 is 0 Å². The minimum absolute atomic E-state index is 0. The van der Waals surface area contributed by atoms with Gasteiger partial charge in [-0.3, -0.25) is 0 Å². The Hall–Kier alpha value is 2.56. The molecule has 0 N–H and O–H groups in total. The largest absolute Gasteiger partial charge is 3.00 e. The number of halogens is 2. The molecule has 0 aromatic rings. The average Bonchev–Trinajstić information content (AvgIpc) is 1.00. The molecule has 0 unspecified atom stereocenters. The van der Waals surface area contributed by atoms with Gasteiger partial charge in [-0.05, 0) is 0 Å². The maximum Gasteiger partial charge on any atom is 3.00 e. The Kier molecular flexibility index (Phi) is 319. The van der Waals surface area contributed by atoms with E-state index in [0.717, 1.165) is 0 Å². The standard InChI is InChI=1S/3CH3.I2.Y/c;;;1-2;/h3*1H3;;/q3*-1;;+3. The summed E-state index contributed by atoms with van der Waals surface area (Å²) in [5.74, 6) is 0. The van der Waals surface area contributed by atoms with Gasteiger partial charge in [-0.25, -0.2) is 0 Å². The van der Waals surface area contributed by atoms with Crippen molar-refractivity contribution in [2.24, 2.45) is 0 Å². The molecule has 0 heterocycles. The first kappa shape index (κ1) is 38.6. The molecule has 0 nitrogen and oxygen atoms in total. The molecule has 0 fully saturated rings. The number of rotatable bonds is 0. The third kappa shape index (κ3) is 30.9. The van der Waals surface area contributed by atoms with E-state index in [2.05, 4.69) is 37.2 Å². The van der Waals surface area contributed by atoms with Crippen molar-refractivity contribution >= 4 is 37.2 Å². The predicted molar refractivity (Wildman–Crippen MR) is 47.3 cm³/mol. The maximum absolute atomic E-state index is 2.12. The van der Waals surface area contributed by atoms with Gasteiger partial charge >= 0.3 is 32.7 Å². The Morgan fingerprint density at radius 1 is 0.667 bits per heavy atom. The molecule has 38 valence electrons. The van der Waals surface area contributed by atoms with Crippen LogP contribution in [0.1, 0.15) is 0 Å². The summed E-state index contributed by atoms with van der Waals surface area (Å²) >= 11 is 4.24. The van der Waals surface area contributed by atoms with Crippen LogP contribution in [-0.4, -0.2) is 0 Å². The fourth-order valence-electron chi connectivity index (χ4n) is 0. The van der Waals surface area contributed by atoms with E-state index in [9.17, 15) is 0 Å². The van der Waals surface area contributed by atoms with E-state index in [-0.39, 0.29) is 55.0 Å². The smallest absolute Gasteiger partial charge is 0.358 e. The second-order valence-corrected chi connectivity index (χ2v) is 0. The molecule has 0 saturated heterocycles. The van der Waals surface area contributed by atoms with E-state index in [4.69, 9.17) is 0 Å². The van der Waals surface area contributed by atoms with E-state index in [1.54, 1.807) is 0 Å². The van der Waals surface area contributed by atoms with Crippen LogP contribution in [0.15, 0.2) is 0 Å². The summed E-state index contributed by atoms with van der Waals surface area (Å²) in [6.07, 6.45) is 0. The molecule has 0 aliphatic carbocycles. The monoisotopic (exact) mass is 388 g/mol. The Morgan fingerprint density at radius 2 is 0.667 bits per heavy atom. The van der Waals surface area contributed by atoms with Crippen LogP contribution in [0.5, 0.6) is 0 Å². The van der Waals surface area contributed by atoms with Crippen LogP contribution < -0.4 is 0 Å². The Labute approximate surface area is 90.4 Å². The van der Waals surface area contributed by atoms with Gasteiger partial charge in [0.15, 0.2) is 0 Å². The summed E-state index contributed by atoms with van der Waals surface area (Å²) in [4.78, 5) is 0. The predicted octanol–water partition coefficient (Wildman–Crippen LogP) is 3.12. The van der Waals surface area contributed by atoms with Crippen molar-refractivity contribution < 1.29 is 32.7 Å².